The molecule has 1 aliphatic heterocycles. The molecule has 1 heterocycles. The van der Waals surface area contributed by atoms with Crippen molar-refractivity contribution < 1.29 is 19.0 Å². The van der Waals surface area contributed by atoms with E-state index < -0.39 is 24.0 Å². The van der Waals surface area contributed by atoms with Gasteiger partial charge in [-0.1, -0.05) is 43.7 Å². The van der Waals surface area contributed by atoms with Gasteiger partial charge in [0, 0.05) is 12.5 Å². The number of aliphatic hydroxyl groups excluding tert-OH is 2. The van der Waals surface area contributed by atoms with Crippen LogP contribution in [0, 0.1) is 29.1 Å². The third kappa shape index (κ3) is 5.37. The first-order valence-electron chi connectivity index (χ1n) is 13.5. The van der Waals surface area contributed by atoms with Crippen LogP contribution in [0.4, 0.5) is 8.78 Å². The van der Waals surface area contributed by atoms with Crippen LogP contribution in [0.3, 0.4) is 0 Å². The quantitative estimate of drug-likeness (QED) is 0.452. The van der Waals surface area contributed by atoms with Gasteiger partial charge in [-0.05, 0) is 107 Å². The van der Waals surface area contributed by atoms with E-state index in [2.05, 4.69) is 37.5 Å². The van der Waals surface area contributed by atoms with Gasteiger partial charge in [0.05, 0.1) is 12.2 Å². The number of hydrogen-bond donors (Lipinski definition) is 2. The average Bonchev–Trinajstić information content (AvgIpc) is 3.38. The summed E-state index contributed by atoms with van der Waals surface area (Å²) >= 11 is 0. The zero-order chi connectivity index (χ0) is 24.7. The highest BCUT2D eigenvalue weighted by Crippen LogP contribution is 2.59. The Morgan fingerprint density at radius 2 is 1.88 bits per heavy atom. The lowest BCUT2D eigenvalue weighted by Crippen LogP contribution is -2.37. The lowest BCUT2D eigenvalue weighted by Gasteiger charge is -2.44. The summed E-state index contributed by atoms with van der Waals surface area (Å²) in [6.45, 7) is 12.1. The molecule has 7 atom stereocenters. The molecule has 34 heavy (non-hydrogen) atoms. The van der Waals surface area contributed by atoms with Crippen molar-refractivity contribution in [1.29, 1.82) is 0 Å². The van der Waals surface area contributed by atoms with E-state index in [0.717, 1.165) is 38.4 Å². The molecule has 0 aromatic rings. The number of likely N-dealkylation sites (tertiary alicyclic amines) is 1. The fraction of sp³-hybridized carbons (Fsp3) is 0.793. The van der Waals surface area contributed by atoms with E-state index in [9.17, 15) is 19.0 Å². The van der Waals surface area contributed by atoms with Gasteiger partial charge in [0.25, 0.3) is 0 Å². The maximum atomic E-state index is 13.7. The molecule has 3 saturated carbocycles. The number of nitrogens with zero attached hydrogens (tertiary/aromatic N) is 1. The maximum Gasteiger partial charge on any atom is 0.249 e. The highest BCUT2D eigenvalue weighted by Gasteiger charge is 2.50. The molecular weight excluding hydrogens is 432 g/mol. The normalized spacial score (nSPS) is 39.5. The van der Waals surface area contributed by atoms with Crippen molar-refractivity contribution in [3.8, 4) is 0 Å². The minimum Gasteiger partial charge on any atom is -0.388 e. The Balaban J connectivity index is 1.37. The van der Waals surface area contributed by atoms with Gasteiger partial charge in [0.2, 0.25) is 5.92 Å². The number of aliphatic hydroxyl groups is 2. The molecule has 4 fully saturated rings. The predicted octanol–water partition coefficient (Wildman–Crippen LogP) is 6.13. The second-order valence-electron chi connectivity index (χ2n) is 12.2. The van der Waals surface area contributed by atoms with Gasteiger partial charge in [0.15, 0.2) is 0 Å². The van der Waals surface area contributed by atoms with Gasteiger partial charge in [-0.15, -0.1) is 0 Å². The van der Waals surface area contributed by atoms with Gasteiger partial charge in [-0.2, -0.15) is 0 Å². The lowest BCUT2D eigenvalue weighted by atomic mass is 9.61. The molecule has 3 aliphatic carbocycles. The molecule has 2 N–H and O–H groups in total. The van der Waals surface area contributed by atoms with Crippen molar-refractivity contribution in [2.75, 3.05) is 19.6 Å². The summed E-state index contributed by atoms with van der Waals surface area (Å²) < 4.78 is 27.4. The second-order valence-corrected chi connectivity index (χ2v) is 12.2. The number of hydrogen-bond acceptors (Lipinski definition) is 3. The molecule has 0 aromatic heterocycles. The first-order chi connectivity index (χ1) is 16.0. The number of rotatable bonds is 6. The smallest absolute Gasteiger partial charge is 0.249 e. The van der Waals surface area contributed by atoms with Crippen molar-refractivity contribution in [2.45, 2.75) is 96.7 Å². The van der Waals surface area contributed by atoms with Crippen LogP contribution in [-0.2, 0) is 0 Å². The minimum absolute atomic E-state index is 0.311. The van der Waals surface area contributed by atoms with Gasteiger partial charge in [0.1, 0.15) is 0 Å². The Bertz CT molecular complexity index is 799. The van der Waals surface area contributed by atoms with Crippen molar-refractivity contribution in [3.05, 3.63) is 35.5 Å². The fourth-order valence-corrected chi connectivity index (χ4v) is 7.68. The zero-order valence-corrected chi connectivity index (χ0v) is 21.4. The van der Waals surface area contributed by atoms with Crippen molar-refractivity contribution in [3.63, 3.8) is 0 Å². The summed E-state index contributed by atoms with van der Waals surface area (Å²) in [7, 11) is 0. The maximum absolute atomic E-state index is 13.7. The van der Waals surface area contributed by atoms with E-state index in [1.54, 1.807) is 0 Å². The van der Waals surface area contributed by atoms with Crippen molar-refractivity contribution >= 4 is 0 Å². The first kappa shape index (κ1) is 26.0. The summed E-state index contributed by atoms with van der Waals surface area (Å²) in [6.07, 6.45) is 12.1. The molecule has 3 nitrogen and oxygen atoms in total. The summed E-state index contributed by atoms with van der Waals surface area (Å²) in [5.74, 6) is -1.16. The third-order valence-corrected chi connectivity index (χ3v) is 9.91. The summed E-state index contributed by atoms with van der Waals surface area (Å²) in [5, 5.41) is 20.3. The van der Waals surface area contributed by atoms with E-state index in [-0.39, 0.29) is 0 Å². The van der Waals surface area contributed by atoms with Crippen molar-refractivity contribution in [2.24, 2.45) is 29.1 Å². The van der Waals surface area contributed by atoms with Crippen LogP contribution in [0.15, 0.2) is 35.5 Å². The standard InChI is InChI=1S/C29H45F2NO2/c1-19(11-14-32-15-12-23(18-32)29(4,30)31)24-9-10-25-22(6-5-13-28(24,25)3)8-7-21-16-26(33)20(2)27(34)17-21/h7-8,19,23-27,33-34H,2,5-6,9-18H2,1,3-4H3/b22-8+/t19-,23+,24-,25+,26-,27-,28-/m1/s1. The molecule has 4 rings (SSSR count). The van der Waals surface area contributed by atoms with Gasteiger partial charge in [-0.25, -0.2) is 8.78 Å². The third-order valence-electron chi connectivity index (χ3n) is 9.91. The molecular formula is C29H45F2NO2. The van der Waals surface area contributed by atoms with Gasteiger partial charge >= 0.3 is 0 Å². The Morgan fingerprint density at radius 1 is 1.18 bits per heavy atom. The summed E-state index contributed by atoms with van der Waals surface area (Å²) in [6, 6.07) is 0. The highest BCUT2D eigenvalue weighted by atomic mass is 19.3. The van der Waals surface area contributed by atoms with Crippen LogP contribution in [0.5, 0.6) is 0 Å². The number of allylic oxidation sites excluding steroid dienone is 3. The second kappa shape index (κ2) is 10.1. The van der Waals surface area contributed by atoms with Crippen LogP contribution < -0.4 is 0 Å². The van der Waals surface area contributed by atoms with E-state index in [0.29, 0.717) is 54.5 Å². The average molecular weight is 478 g/mol. The number of alkyl halides is 2. The van der Waals surface area contributed by atoms with E-state index >= 15 is 0 Å². The largest absolute Gasteiger partial charge is 0.388 e. The first-order valence-corrected chi connectivity index (χ1v) is 13.5. The van der Waals surface area contributed by atoms with Crippen LogP contribution in [0.1, 0.15) is 78.6 Å². The molecule has 0 amide bonds. The van der Waals surface area contributed by atoms with E-state index in [1.165, 1.54) is 31.3 Å². The molecule has 0 spiro atoms. The summed E-state index contributed by atoms with van der Waals surface area (Å²) in [4.78, 5) is 2.26. The Kier molecular flexibility index (Phi) is 7.77. The molecule has 4 aliphatic rings. The minimum atomic E-state index is -2.56. The predicted molar refractivity (Wildman–Crippen MR) is 134 cm³/mol. The molecule has 0 radical (unpaired) electrons. The molecule has 0 unspecified atom stereocenters. The fourth-order valence-electron chi connectivity index (χ4n) is 7.68. The molecule has 0 aromatic carbocycles. The Hall–Kier alpha value is -1.04. The van der Waals surface area contributed by atoms with E-state index in [1.807, 2.05) is 0 Å². The monoisotopic (exact) mass is 477 g/mol. The van der Waals surface area contributed by atoms with Gasteiger partial charge < -0.3 is 15.1 Å². The summed E-state index contributed by atoms with van der Waals surface area (Å²) in [5.41, 5.74) is 3.50. The topological polar surface area (TPSA) is 43.7 Å². The molecule has 192 valence electrons. The molecule has 5 heteroatoms. The zero-order valence-electron chi connectivity index (χ0n) is 21.4. The molecule has 1 saturated heterocycles. The van der Waals surface area contributed by atoms with Crippen molar-refractivity contribution in [1.82, 2.24) is 4.90 Å². The lowest BCUT2D eigenvalue weighted by molar-refractivity contribution is -0.0353. The number of halogens is 2. The Labute approximate surface area is 205 Å². The van der Waals surface area contributed by atoms with Crippen LogP contribution >= 0.6 is 0 Å². The number of fused-ring (bicyclic) bond motifs is 1. The van der Waals surface area contributed by atoms with Gasteiger partial charge in [-0.3, -0.25) is 0 Å². The van der Waals surface area contributed by atoms with Crippen LogP contribution in [0.2, 0.25) is 0 Å². The Morgan fingerprint density at radius 3 is 2.53 bits per heavy atom. The van der Waals surface area contributed by atoms with Crippen LogP contribution in [-0.4, -0.2) is 52.9 Å². The van der Waals surface area contributed by atoms with E-state index in [4.69, 9.17) is 0 Å². The highest BCUT2D eigenvalue weighted by molar-refractivity contribution is 5.29. The molecule has 0 bridgehead atoms. The van der Waals surface area contributed by atoms with Crippen LogP contribution in [0.25, 0.3) is 0 Å². The SMILES string of the molecule is C=C1[C@H](O)CC(=C/C=C2\CCC[C@]3(C)[C@@H]([C@H](C)CCN4CC[C@H](C(C)(F)F)C4)CC[C@@H]23)C[C@H]1O.